The van der Waals surface area contributed by atoms with Gasteiger partial charge in [0, 0.05) is 27.3 Å². The number of aryl methyl sites for hydroxylation is 1. The van der Waals surface area contributed by atoms with Crippen molar-refractivity contribution in [2.45, 2.75) is 25.2 Å². The van der Waals surface area contributed by atoms with E-state index in [0.717, 1.165) is 45.0 Å². The molecule has 0 bridgehead atoms. The highest BCUT2D eigenvalue weighted by Crippen LogP contribution is 2.51. The van der Waals surface area contributed by atoms with Crippen LogP contribution in [0.2, 0.25) is 0 Å². The molecule has 1 fully saturated rings. The SMILES string of the molecule is Cc1cc(Br)ccc1NC(=O)C1(c2c[nH]c3ccc(F)cc23)CC1. The van der Waals surface area contributed by atoms with E-state index >= 15 is 0 Å². The number of amides is 1. The first-order valence-electron chi connectivity index (χ1n) is 7.84. The lowest BCUT2D eigenvalue weighted by molar-refractivity contribution is -0.118. The lowest BCUT2D eigenvalue weighted by Gasteiger charge is -2.16. The maximum Gasteiger partial charge on any atom is 0.235 e. The van der Waals surface area contributed by atoms with E-state index in [0.29, 0.717) is 0 Å². The van der Waals surface area contributed by atoms with Crippen LogP contribution >= 0.6 is 15.9 Å². The van der Waals surface area contributed by atoms with Crippen molar-refractivity contribution in [3.05, 3.63) is 64.0 Å². The van der Waals surface area contributed by atoms with E-state index in [1.165, 1.54) is 12.1 Å². The van der Waals surface area contributed by atoms with Crippen molar-refractivity contribution in [2.75, 3.05) is 5.32 Å². The van der Waals surface area contributed by atoms with Gasteiger partial charge in [-0.2, -0.15) is 0 Å². The largest absolute Gasteiger partial charge is 0.361 e. The van der Waals surface area contributed by atoms with Crippen LogP contribution in [0.4, 0.5) is 10.1 Å². The topological polar surface area (TPSA) is 44.9 Å². The highest BCUT2D eigenvalue weighted by molar-refractivity contribution is 9.10. The van der Waals surface area contributed by atoms with Crippen LogP contribution < -0.4 is 5.32 Å². The number of carbonyl (C=O) groups is 1. The van der Waals surface area contributed by atoms with Crippen LogP contribution in [0.3, 0.4) is 0 Å². The van der Waals surface area contributed by atoms with Crippen LogP contribution in [0.1, 0.15) is 24.0 Å². The van der Waals surface area contributed by atoms with E-state index in [4.69, 9.17) is 0 Å². The van der Waals surface area contributed by atoms with Gasteiger partial charge in [0.2, 0.25) is 5.91 Å². The van der Waals surface area contributed by atoms with Crippen LogP contribution in [0.25, 0.3) is 10.9 Å². The summed E-state index contributed by atoms with van der Waals surface area (Å²) in [5, 5.41) is 3.83. The minimum absolute atomic E-state index is 0.0296. The van der Waals surface area contributed by atoms with Gasteiger partial charge < -0.3 is 10.3 Å². The minimum atomic E-state index is -0.564. The van der Waals surface area contributed by atoms with Crippen molar-refractivity contribution < 1.29 is 9.18 Å². The second-order valence-corrected chi connectivity index (χ2v) is 7.30. The predicted molar refractivity (Wildman–Crippen MR) is 96.7 cm³/mol. The second-order valence-electron chi connectivity index (χ2n) is 6.39. The summed E-state index contributed by atoms with van der Waals surface area (Å²) >= 11 is 3.43. The van der Waals surface area contributed by atoms with Gasteiger partial charge in [0.05, 0.1) is 5.41 Å². The Kier molecular flexibility index (Phi) is 3.49. The Labute approximate surface area is 147 Å². The Bertz CT molecular complexity index is 959. The summed E-state index contributed by atoms with van der Waals surface area (Å²) in [6.07, 6.45) is 3.39. The van der Waals surface area contributed by atoms with Gasteiger partial charge in [-0.3, -0.25) is 4.79 Å². The fourth-order valence-electron chi connectivity index (χ4n) is 3.24. The lowest BCUT2D eigenvalue weighted by atomic mass is 9.94. The zero-order valence-corrected chi connectivity index (χ0v) is 14.7. The fourth-order valence-corrected chi connectivity index (χ4v) is 3.72. The van der Waals surface area contributed by atoms with Gasteiger partial charge in [-0.1, -0.05) is 15.9 Å². The molecule has 0 radical (unpaired) electrons. The molecule has 1 aromatic heterocycles. The second kappa shape index (κ2) is 5.45. The number of halogens is 2. The number of carbonyl (C=O) groups excluding carboxylic acids is 1. The summed E-state index contributed by atoms with van der Waals surface area (Å²) < 4.78 is 14.6. The molecule has 1 amide bonds. The Balaban J connectivity index is 1.69. The first-order valence-corrected chi connectivity index (χ1v) is 8.64. The number of hydrogen-bond acceptors (Lipinski definition) is 1. The van der Waals surface area contributed by atoms with Crippen molar-refractivity contribution in [1.29, 1.82) is 0 Å². The Morgan fingerprint density at radius 1 is 1.25 bits per heavy atom. The highest BCUT2D eigenvalue weighted by atomic mass is 79.9. The number of benzene rings is 2. The molecule has 0 unspecified atom stereocenters. The van der Waals surface area contributed by atoms with Crippen molar-refractivity contribution in [1.82, 2.24) is 4.98 Å². The summed E-state index contributed by atoms with van der Waals surface area (Å²) in [6, 6.07) is 10.4. The fraction of sp³-hybridized carbons (Fsp3) is 0.211. The minimum Gasteiger partial charge on any atom is -0.361 e. The van der Waals surface area contributed by atoms with E-state index in [1.807, 2.05) is 31.3 Å². The summed E-state index contributed by atoms with van der Waals surface area (Å²) in [4.78, 5) is 16.1. The molecule has 5 heteroatoms. The third-order valence-corrected chi connectivity index (χ3v) is 5.27. The van der Waals surface area contributed by atoms with Crippen LogP contribution in [0, 0.1) is 12.7 Å². The van der Waals surface area contributed by atoms with Gasteiger partial charge in [-0.25, -0.2) is 4.39 Å². The number of anilines is 1. The summed E-state index contributed by atoms with van der Waals surface area (Å²) in [6.45, 7) is 1.96. The van der Waals surface area contributed by atoms with Crippen molar-refractivity contribution >= 4 is 38.4 Å². The molecule has 2 aromatic carbocycles. The van der Waals surface area contributed by atoms with E-state index in [2.05, 4.69) is 26.2 Å². The van der Waals surface area contributed by atoms with E-state index in [-0.39, 0.29) is 11.7 Å². The third kappa shape index (κ3) is 2.44. The Morgan fingerprint density at radius 2 is 2.04 bits per heavy atom. The van der Waals surface area contributed by atoms with Crippen molar-refractivity contribution in [3.8, 4) is 0 Å². The number of aromatic nitrogens is 1. The summed E-state index contributed by atoms with van der Waals surface area (Å²) in [5.74, 6) is -0.318. The normalized spacial score (nSPS) is 15.5. The molecule has 0 spiro atoms. The molecule has 1 aliphatic carbocycles. The predicted octanol–water partition coefficient (Wildman–Crippen LogP) is 5.05. The quantitative estimate of drug-likeness (QED) is 0.649. The molecule has 1 heterocycles. The molecule has 0 saturated heterocycles. The molecule has 2 N–H and O–H groups in total. The van der Waals surface area contributed by atoms with Gasteiger partial charge in [-0.15, -0.1) is 0 Å². The van der Waals surface area contributed by atoms with Gasteiger partial charge in [0.25, 0.3) is 0 Å². The maximum absolute atomic E-state index is 13.6. The first-order chi connectivity index (χ1) is 11.5. The van der Waals surface area contributed by atoms with Gasteiger partial charge in [0.1, 0.15) is 5.82 Å². The molecule has 0 aliphatic heterocycles. The number of nitrogens with one attached hydrogen (secondary N) is 2. The highest BCUT2D eigenvalue weighted by Gasteiger charge is 2.52. The number of fused-ring (bicyclic) bond motifs is 1. The maximum atomic E-state index is 13.6. The molecule has 24 heavy (non-hydrogen) atoms. The number of hydrogen-bond donors (Lipinski definition) is 2. The third-order valence-electron chi connectivity index (χ3n) is 4.78. The molecule has 1 saturated carbocycles. The lowest BCUT2D eigenvalue weighted by Crippen LogP contribution is -2.28. The molecular weight excluding hydrogens is 371 g/mol. The molecule has 1 aliphatic rings. The van der Waals surface area contributed by atoms with Crippen LogP contribution in [-0.2, 0) is 10.2 Å². The van der Waals surface area contributed by atoms with Gasteiger partial charge in [-0.05, 0) is 67.3 Å². The Morgan fingerprint density at radius 3 is 2.75 bits per heavy atom. The van der Waals surface area contributed by atoms with E-state index in [1.54, 1.807) is 6.07 Å². The monoisotopic (exact) mass is 386 g/mol. The van der Waals surface area contributed by atoms with Crippen LogP contribution in [0.15, 0.2) is 47.1 Å². The Hall–Kier alpha value is -2.14. The van der Waals surface area contributed by atoms with Gasteiger partial charge >= 0.3 is 0 Å². The average molecular weight is 387 g/mol. The molecule has 0 atom stereocenters. The standard InChI is InChI=1S/C19H16BrFN2O/c1-11-8-12(20)2-4-16(11)23-18(24)19(6-7-19)15-10-22-17-5-3-13(21)9-14(15)17/h2-5,8-10,22H,6-7H2,1H3,(H,23,24). The van der Waals surface area contributed by atoms with E-state index in [9.17, 15) is 9.18 Å². The molecule has 3 nitrogen and oxygen atoms in total. The number of aromatic amines is 1. The van der Waals surface area contributed by atoms with Crippen molar-refractivity contribution in [3.63, 3.8) is 0 Å². The zero-order chi connectivity index (χ0) is 16.9. The smallest absolute Gasteiger partial charge is 0.235 e. The molecule has 122 valence electrons. The molecule has 4 rings (SSSR count). The number of H-pyrrole nitrogens is 1. The van der Waals surface area contributed by atoms with E-state index < -0.39 is 5.41 Å². The first kappa shape index (κ1) is 15.4. The van der Waals surface area contributed by atoms with Crippen molar-refractivity contribution in [2.24, 2.45) is 0 Å². The van der Waals surface area contributed by atoms with Crippen LogP contribution in [-0.4, -0.2) is 10.9 Å². The zero-order valence-electron chi connectivity index (χ0n) is 13.1. The molecule has 3 aromatic rings. The van der Waals surface area contributed by atoms with Gasteiger partial charge in [0.15, 0.2) is 0 Å². The summed E-state index contributed by atoms with van der Waals surface area (Å²) in [5.41, 5.74) is 2.97. The molecular formula is C19H16BrFN2O. The average Bonchev–Trinajstić information content (AvgIpc) is 3.24. The van der Waals surface area contributed by atoms with Crippen LogP contribution in [0.5, 0.6) is 0 Å². The number of rotatable bonds is 3. The summed E-state index contributed by atoms with van der Waals surface area (Å²) in [7, 11) is 0.